The zero-order chi connectivity index (χ0) is 26.5. The summed E-state index contributed by atoms with van der Waals surface area (Å²) in [4.78, 5) is 47.5. The molecular formula is C25H24ClN5O5S. The van der Waals surface area contributed by atoms with E-state index in [-0.39, 0.29) is 19.0 Å². The van der Waals surface area contributed by atoms with Crippen LogP contribution in [-0.2, 0) is 22.6 Å². The molecule has 192 valence electrons. The average Bonchev–Trinajstić information content (AvgIpc) is 3.30. The summed E-state index contributed by atoms with van der Waals surface area (Å²) in [5, 5.41) is 4.13. The van der Waals surface area contributed by atoms with Gasteiger partial charge in [-0.25, -0.2) is 19.1 Å². The van der Waals surface area contributed by atoms with E-state index >= 15 is 0 Å². The lowest BCUT2D eigenvalue weighted by molar-refractivity contribution is -0.145. The molecule has 2 heterocycles. The first-order valence-electron chi connectivity index (χ1n) is 11.2. The molecule has 0 aliphatic rings. The first-order valence-corrected chi connectivity index (χ1v) is 12.4. The molecule has 2 aromatic carbocycles. The van der Waals surface area contributed by atoms with Crippen LogP contribution in [0.15, 0.2) is 64.3 Å². The lowest BCUT2D eigenvalue weighted by Crippen LogP contribution is -2.44. The van der Waals surface area contributed by atoms with Crippen molar-refractivity contribution in [2.45, 2.75) is 26.9 Å². The number of carbonyl (C=O) groups excluding carboxylic acids is 1. The highest BCUT2D eigenvalue weighted by Gasteiger charge is 2.20. The number of thiazole rings is 1. The van der Waals surface area contributed by atoms with Gasteiger partial charge in [0.2, 0.25) is 5.95 Å². The smallest absolute Gasteiger partial charge is 0.354 e. The molecule has 0 unspecified atom stereocenters. The Hall–Kier alpha value is -3.96. The summed E-state index contributed by atoms with van der Waals surface area (Å²) in [6, 6.07) is 13.9. The van der Waals surface area contributed by atoms with Gasteiger partial charge in [-0.15, -0.1) is 0 Å². The minimum absolute atomic E-state index is 0.0520. The SMILES string of the molecule is COC(=O)[C@@H](C)Cn1c(=O)nc(Nc2ccc(Oc3ncc(C)s3)cc2)n(Cc2ccc(Cl)cc2)c1=O. The third-order valence-electron chi connectivity index (χ3n) is 5.38. The maximum absolute atomic E-state index is 13.4. The number of hydrogen-bond acceptors (Lipinski definition) is 9. The topological polar surface area (TPSA) is 117 Å². The second-order valence-electron chi connectivity index (χ2n) is 8.24. The van der Waals surface area contributed by atoms with Gasteiger partial charge in [0.05, 0.1) is 19.6 Å². The van der Waals surface area contributed by atoms with Crippen LogP contribution in [0.4, 0.5) is 11.6 Å². The molecule has 0 aliphatic carbocycles. The fraction of sp³-hybridized carbons (Fsp3) is 0.240. The molecule has 0 amide bonds. The van der Waals surface area contributed by atoms with Crippen molar-refractivity contribution in [2.24, 2.45) is 5.92 Å². The van der Waals surface area contributed by atoms with Crippen LogP contribution in [0, 0.1) is 12.8 Å². The number of aromatic nitrogens is 4. The standard InChI is InChI=1S/C25H24ClN5O5S/c1-15(21(32)35-3)13-31-23(33)29-22(30(25(31)34)14-17-4-6-18(26)7-5-17)28-19-8-10-20(11-9-19)36-24-27-12-16(2)37-24/h4-12,15H,13-14H2,1-3H3,(H,28,29,33)/t15-/m0/s1. The molecule has 12 heteroatoms. The van der Waals surface area contributed by atoms with Gasteiger partial charge >= 0.3 is 17.3 Å². The van der Waals surface area contributed by atoms with Crippen LogP contribution < -0.4 is 21.4 Å². The van der Waals surface area contributed by atoms with Gasteiger partial charge in [-0.05, 0) is 48.9 Å². The Labute approximate surface area is 221 Å². The van der Waals surface area contributed by atoms with Gasteiger partial charge < -0.3 is 14.8 Å². The number of methoxy groups -OCH3 is 1. The molecule has 0 fully saturated rings. The van der Waals surface area contributed by atoms with Crippen molar-refractivity contribution in [1.29, 1.82) is 0 Å². The molecule has 0 aliphatic heterocycles. The van der Waals surface area contributed by atoms with Gasteiger partial charge in [0, 0.05) is 28.3 Å². The molecule has 0 bridgehead atoms. The van der Waals surface area contributed by atoms with E-state index in [1.807, 2.05) is 6.92 Å². The number of anilines is 2. The predicted octanol–water partition coefficient (Wildman–Crippen LogP) is 4.22. The Bertz CT molecular complexity index is 1510. The average molecular weight is 542 g/mol. The summed E-state index contributed by atoms with van der Waals surface area (Å²) in [7, 11) is 1.25. The van der Waals surface area contributed by atoms with E-state index in [0.29, 0.717) is 21.7 Å². The molecule has 4 aromatic rings. The second-order valence-corrected chi connectivity index (χ2v) is 9.87. The number of aryl methyl sites for hydroxylation is 1. The first kappa shape index (κ1) is 26.1. The van der Waals surface area contributed by atoms with Crippen LogP contribution in [0.2, 0.25) is 5.02 Å². The molecule has 37 heavy (non-hydrogen) atoms. The second kappa shape index (κ2) is 11.4. The first-order chi connectivity index (χ1) is 17.7. The van der Waals surface area contributed by atoms with Crippen LogP contribution in [0.25, 0.3) is 0 Å². The van der Waals surface area contributed by atoms with Crippen molar-refractivity contribution in [3.63, 3.8) is 0 Å². The fourth-order valence-electron chi connectivity index (χ4n) is 3.46. The van der Waals surface area contributed by atoms with Crippen molar-refractivity contribution in [2.75, 3.05) is 12.4 Å². The lowest BCUT2D eigenvalue weighted by Gasteiger charge is -2.17. The summed E-state index contributed by atoms with van der Waals surface area (Å²) in [6.07, 6.45) is 1.73. The molecule has 0 saturated carbocycles. The monoisotopic (exact) mass is 541 g/mol. The minimum Gasteiger partial charge on any atom is -0.469 e. The summed E-state index contributed by atoms with van der Waals surface area (Å²) in [6.45, 7) is 3.46. The zero-order valence-electron chi connectivity index (χ0n) is 20.3. The van der Waals surface area contributed by atoms with E-state index in [0.717, 1.165) is 15.0 Å². The third-order valence-corrected chi connectivity index (χ3v) is 6.42. The molecule has 1 atom stereocenters. The molecule has 10 nitrogen and oxygen atoms in total. The molecular weight excluding hydrogens is 518 g/mol. The quantitative estimate of drug-likeness (QED) is 0.313. The van der Waals surface area contributed by atoms with Crippen LogP contribution in [0.1, 0.15) is 17.4 Å². The van der Waals surface area contributed by atoms with Gasteiger partial charge in [-0.3, -0.25) is 9.36 Å². The number of nitrogens with zero attached hydrogens (tertiary/aromatic N) is 4. The van der Waals surface area contributed by atoms with Gasteiger partial charge in [-0.2, -0.15) is 4.98 Å². The number of benzene rings is 2. The number of carbonyl (C=O) groups is 1. The fourth-order valence-corrected chi connectivity index (χ4v) is 4.21. The highest BCUT2D eigenvalue weighted by atomic mass is 35.5. The maximum Gasteiger partial charge on any atom is 0.354 e. The summed E-state index contributed by atoms with van der Waals surface area (Å²) >= 11 is 7.43. The largest absolute Gasteiger partial charge is 0.469 e. The molecule has 1 N–H and O–H groups in total. The Kier molecular flexibility index (Phi) is 8.04. The van der Waals surface area contributed by atoms with Gasteiger partial charge in [-0.1, -0.05) is 42.0 Å². The van der Waals surface area contributed by atoms with Crippen LogP contribution >= 0.6 is 22.9 Å². The summed E-state index contributed by atoms with van der Waals surface area (Å²) < 4.78 is 12.7. The highest BCUT2D eigenvalue weighted by Crippen LogP contribution is 2.27. The lowest BCUT2D eigenvalue weighted by atomic mass is 10.2. The van der Waals surface area contributed by atoms with E-state index < -0.39 is 23.3 Å². The number of ether oxygens (including phenoxy) is 2. The molecule has 4 rings (SSSR count). The van der Waals surface area contributed by atoms with Crippen molar-refractivity contribution >= 4 is 40.5 Å². The summed E-state index contributed by atoms with van der Waals surface area (Å²) in [5.41, 5.74) is -0.0495. The molecule has 0 saturated heterocycles. The van der Waals surface area contributed by atoms with Crippen molar-refractivity contribution in [3.05, 3.63) is 91.2 Å². The number of rotatable bonds is 9. The van der Waals surface area contributed by atoms with E-state index in [4.69, 9.17) is 21.1 Å². The van der Waals surface area contributed by atoms with Crippen molar-refractivity contribution < 1.29 is 14.3 Å². The van der Waals surface area contributed by atoms with Crippen molar-refractivity contribution in [3.8, 4) is 10.9 Å². The Balaban J connectivity index is 1.66. The van der Waals surface area contributed by atoms with E-state index in [2.05, 4.69) is 15.3 Å². The van der Waals surface area contributed by atoms with Crippen LogP contribution in [0.3, 0.4) is 0 Å². The Morgan fingerprint density at radius 1 is 1.11 bits per heavy atom. The van der Waals surface area contributed by atoms with Crippen LogP contribution in [0.5, 0.6) is 10.9 Å². The zero-order valence-corrected chi connectivity index (χ0v) is 21.9. The molecule has 0 spiro atoms. The number of nitrogens with one attached hydrogen (secondary N) is 1. The number of hydrogen-bond donors (Lipinski definition) is 1. The van der Waals surface area contributed by atoms with E-state index in [9.17, 15) is 14.4 Å². The normalized spacial score (nSPS) is 11.7. The minimum atomic E-state index is -0.783. The van der Waals surface area contributed by atoms with Gasteiger partial charge in [0.15, 0.2) is 0 Å². The van der Waals surface area contributed by atoms with Crippen molar-refractivity contribution in [1.82, 2.24) is 19.1 Å². The highest BCUT2D eigenvalue weighted by molar-refractivity contribution is 7.13. The predicted molar refractivity (Wildman–Crippen MR) is 141 cm³/mol. The summed E-state index contributed by atoms with van der Waals surface area (Å²) in [5.74, 6) is -0.614. The Morgan fingerprint density at radius 3 is 2.43 bits per heavy atom. The Morgan fingerprint density at radius 2 is 1.81 bits per heavy atom. The van der Waals surface area contributed by atoms with Gasteiger partial charge in [0.25, 0.3) is 5.19 Å². The third kappa shape index (κ3) is 6.43. The number of esters is 1. The van der Waals surface area contributed by atoms with Crippen LogP contribution in [-0.4, -0.2) is 32.2 Å². The van der Waals surface area contributed by atoms with E-state index in [1.165, 1.54) is 23.0 Å². The van der Waals surface area contributed by atoms with Gasteiger partial charge in [0.1, 0.15) is 5.75 Å². The maximum atomic E-state index is 13.4. The van der Waals surface area contributed by atoms with E-state index in [1.54, 1.807) is 61.7 Å². The molecule has 0 radical (unpaired) electrons. The molecule has 2 aromatic heterocycles. The number of halogens is 1.